The third-order valence-electron chi connectivity index (χ3n) is 2.26. The predicted molar refractivity (Wildman–Crippen MR) is 66.6 cm³/mol. The van der Waals surface area contributed by atoms with Crippen molar-refractivity contribution in [2.75, 3.05) is 0 Å². The first-order valence-corrected chi connectivity index (χ1v) is 5.91. The van der Waals surface area contributed by atoms with Gasteiger partial charge >= 0.3 is 0 Å². The number of hydrogen-bond donors (Lipinski definition) is 2. The molecule has 0 atom stereocenters. The van der Waals surface area contributed by atoms with E-state index in [4.69, 9.17) is 10.9 Å². The maximum atomic E-state index is 8.80. The Hall–Kier alpha value is -2.09. The van der Waals surface area contributed by atoms with Crippen molar-refractivity contribution in [3.63, 3.8) is 0 Å². The number of amidine groups is 1. The highest BCUT2D eigenvalue weighted by Crippen LogP contribution is 2.28. The SMILES string of the molecule is Cc1nn(C)c(Sc2ncccn2)c1C(N)=NO. The summed E-state index contributed by atoms with van der Waals surface area (Å²) in [6.45, 7) is 1.79. The first kappa shape index (κ1) is 12.4. The van der Waals surface area contributed by atoms with Gasteiger partial charge in [0, 0.05) is 19.4 Å². The normalized spacial score (nSPS) is 11.8. The van der Waals surface area contributed by atoms with E-state index in [1.54, 1.807) is 37.1 Å². The Morgan fingerprint density at radius 3 is 2.72 bits per heavy atom. The molecule has 0 amide bonds. The highest BCUT2D eigenvalue weighted by Gasteiger charge is 2.18. The molecule has 8 heteroatoms. The van der Waals surface area contributed by atoms with Gasteiger partial charge < -0.3 is 10.9 Å². The minimum atomic E-state index is 0.0269. The summed E-state index contributed by atoms with van der Waals surface area (Å²) in [5.74, 6) is 0.0269. The van der Waals surface area contributed by atoms with Crippen LogP contribution in [-0.4, -0.2) is 30.8 Å². The molecule has 0 fully saturated rings. The van der Waals surface area contributed by atoms with Crippen molar-refractivity contribution in [1.82, 2.24) is 19.7 Å². The molecule has 94 valence electrons. The Morgan fingerprint density at radius 1 is 1.44 bits per heavy atom. The van der Waals surface area contributed by atoms with Crippen molar-refractivity contribution in [1.29, 1.82) is 0 Å². The fourth-order valence-corrected chi connectivity index (χ4v) is 2.45. The number of hydrogen-bond acceptors (Lipinski definition) is 6. The van der Waals surface area contributed by atoms with Crippen LogP contribution in [0.2, 0.25) is 0 Å². The molecule has 0 aliphatic rings. The van der Waals surface area contributed by atoms with Crippen molar-refractivity contribution in [3.05, 3.63) is 29.7 Å². The monoisotopic (exact) mass is 264 g/mol. The first-order valence-electron chi connectivity index (χ1n) is 5.10. The summed E-state index contributed by atoms with van der Waals surface area (Å²) in [4.78, 5) is 8.24. The average molecular weight is 264 g/mol. The number of oxime groups is 1. The van der Waals surface area contributed by atoms with E-state index in [1.165, 1.54) is 11.8 Å². The zero-order chi connectivity index (χ0) is 13.1. The fraction of sp³-hybridized carbons (Fsp3) is 0.200. The van der Waals surface area contributed by atoms with Gasteiger partial charge in [-0.3, -0.25) is 4.68 Å². The number of nitrogens with zero attached hydrogens (tertiary/aromatic N) is 5. The first-order chi connectivity index (χ1) is 8.63. The molecule has 3 N–H and O–H groups in total. The van der Waals surface area contributed by atoms with Gasteiger partial charge in [0.2, 0.25) is 0 Å². The predicted octanol–water partition coefficient (Wildman–Crippen LogP) is 0.764. The number of aryl methyl sites for hydroxylation is 2. The number of nitrogens with two attached hydrogens (primary N) is 1. The van der Waals surface area contributed by atoms with E-state index in [0.29, 0.717) is 16.4 Å². The zero-order valence-corrected chi connectivity index (χ0v) is 10.7. The maximum absolute atomic E-state index is 8.80. The van der Waals surface area contributed by atoms with E-state index in [9.17, 15) is 0 Å². The third kappa shape index (κ3) is 2.28. The molecule has 0 bridgehead atoms. The van der Waals surface area contributed by atoms with Crippen molar-refractivity contribution in [2.45, 2.75) is 17.1 Å². The zero-order valence-electron chi connectivity index (χ0n) is 9.90. The Labute approximate surface area is 108 Å². The van der Waals surface area contributed by atoms with Crippen LogP contribution in [0.4, 0.5) is 0 Å². The number of aromatic nitrogens is 4. The van der Waals surface area contributed by atoms with Gasteiger partial charge in [-0.1, -0.05) is 5.16 Å². The fourth-order valence-electron chi connectivity index (χ4n) is 1.52. The van der Waals surface area contributed by atoms with Gasteiger partial charge in [-0.2, -0.15) is 5.10 Å². The lowest BCUT2D eigenvalue weighted by Gasteiger charge is -2.03. The molecule has 2 heterocycles. The van der Waals surface area contributed by atoms with Crippen molar-refractivity contribution >= 4 is 17.6 Å². The van der Waals surface area contributed by atoms with Crippen molar-refractivity contribution in [2.24, 2.45) is 17.9 Å². The summed E-state index contributed by atoms with van der Waals surface area (Å²) in [5, 5.41) is 17.4. The summed E-state index contributed by atoms with van der Waals surface area (Å²) in [5.41, 5.74) is 6.94. The molecule has 2 aromatic rings. The molecule has 0 radical (unpaired) electrons. The van der Waals surface area contributed by atoms with Crippen LogP contribution in [0.3, 0.4) is 0 Å². The molecule has 2 rings (SSSR count). The summed E-state index contributed by atoms with van der Waals surface area (Å²) < 4.78 is 1.66. The maximum Gasteiger partial charge on any atom is 0.193 e. The second-order valence-corrected chi connectivity index (χ2v) is 4.46. The Morgan fingerprint density at radius 2 is 2.11 bits per heavy atom. The Balaban J connectivity index is 2.45. The minimum absolute atomic E-state index is 0.0269. The van der Waals surface area contributed by atoms with E-state index in [0.717, 1.165) is 5.03 Å². The summed E-state index contributed by atoms with van der Waals surface area (Å²) in [7, 11) is 1.78. The van der Waals surface area contributed by atoms with Crippen molar-refractivity contribution in [3.8, 4) is 0 Å². The summed E-state index contributed by atoms with van der Waals surface area (Å²) in [6.07, 6.45) is 3.31. The van der Waals surface area contributed by atoms with Gasteiger partial charge in [-0.25, -0.2) is 9.97 Å². The van der Waals surface area contributed by atoms with Gasteiger partial charge in [-0.05, 0) is 24.8 Å². The lowest BCUT2D eigenvalue weighted by atomic mass is 10.2. The average Bonchev–Trinajstić information content (AvgIpc) is 2.65. The molecule has 0 aromatic carbocycles. The van der Waals surface area contributed by atoms with Gasteiger partial charge in [-0.15, -0.1) is 0 Å². The second-order valence-electron chi connectivity index (χ2n) is 3.51. The van der Waals surface area contributed by atoms with Crippen LogP contribution >= 0.6 is 11.8 Å². The van der Waals surface area contributed by atoms with Crippen LogP contribution in [0.25, 0.3) is 0 Å². The largest absolute Gasteiger partial charge is 0.409 e. The van der Waals surface area contributed by atoms with Crippen LogP contribution in [0.15, 0.2) is 33.8 Å². The topological polar surface area (TPSA) is 102 Å². The van der Waals surface area contributed by atoms with E-state index < -0.39 is 0 Å². The molecule has 18 heavy (non-hydrogen) atoms. The van der Waals surface area contributed by atoms with Crippen molar-refractivity contribution < 1.29 is 5.21 Å². The molecule has 0 aliphatic carbocycles. The minimum Gasteiger partial charge on any atom is -0.409 e. The highest BCUT2D eigenvalue weighted by atomic mass is 32.2. The van der Waals surface area contributed by atoms with Crippen LogP contribution in [0, 0.1) is 6.92 Å². The van der Waals surface area contributed by atoms with Gasteiger partial charge in [0.15, 0.2) is 11.0 Å². The Kier molecular flexibility index (Phi) is 3.47. The standard InChI is InChI=1S/C10H12N6OS/c1-6-7(8(11)15-17)9(16(2)14-6)18-10-12-4-3-5-13-10/h3-5,17H,1-2H3,(H2,11,15). The quantitative estimate of drug-likeness (QED) is 0.279. The smallest absolute Gasteiger partial charge is 0.193 e. The second kappa shape index (κ2) is 5.05. The van der Waals surface area contributed by atoms with E-state index in [1.807, 2.05) is 0 Å². The van der Waals surface area contributed by atoms with E-state index >= 15 is 0 Å². The highest BCUT2D eigenvalue weighted by molar-refractivity contribution is 7.99. The molecular weight excluding hydrogens is 252 g/mol. The van der Waals surface area contributed by atoms with Gasteiger partial charge in [0.1, 0.15) is 5.03 Å². The molecule has 0 saturated heterocycles. The summed E-state index contributed by atoms with van der Waals surface area (Å²) >= 11 is 1.31. The molecular formula is C10H12N6OS. The molecule has 0 saturated carbocycles. The van der Waals surface area contributed by atoms with Crippen LogP contribution in [0.1, 0.15) is 11.3 Å². The third-order valence-corrected chi connectivity index (χ3v) is 3.32. The molecule has 2 aromatic heterocycles. The van der Waals surface area contributed by atoms with Gasteiger partial charge in [0.05, 0.1) is 11.3 Å². The van der Waals surface area contributed by atoms with E-state index in [2.05, 4.69) is 20.2 Å². The molecule has 0 aliphatic heterocycles. The van der Waals surface area contributed by atoms with Crippen LogP contribution < -0.4 is 5.73 Å². The van der Waals surface area contributed by atoms with E-state index in [-0.39, 0.29) is 5.84 Å². The van der Waals surface area contributed by atoms with Crippen LogP contribution in [-0.2, 0) is 7.05 Å². The molecule has 7 nitrogen and oxygen atoms in total. The lowest BCUT2D eigenvalue weighted by molar-refractivity contribution is 0.318. The summed E-state index contributed by atoms with van der Waals surface area (Å²) in [6, 6.07) is 1.74. The molecule has 0 spiro atoms. The molecule has 0 unspecified atom stereocenters. The lowest BCUT2D eigenvalue weighted by Crippen LogP contribution is -2.15. The van der Waals surface area contributed by atoms with Gasteiger partial charge in [0.25, 0.3) is 0 Å². The van der Waals surface area contributed by atoms with Crippen LogP contribution in [0.5, 0.6) is 0 Å². The Bertz CT molecular complexity index is 580. The number of rotatable bonds is 3.